The van der Waals surface area contributed by atoms with Gasteiger partial charge in [-0.25, -0.2) is 29.1 Å². The highest BCUT2D eigenvalue weighted by Crippen LogP contribution is 2.36. The molecule has 0 bridgehead atoms. The molecule has 0 saturated heterocycles. The number of aromatic hydroxyl groups is 4. The normalized spacial score (nSPS) is 10.4. The molecule has 10 N–H and O–H groups in total. The first-order valence-electron chi connectivity index (χ1n) is 23.6. The van der Waals surface area contributed by atoms with E-state index in [9.17, 15) is 55.1 Å². The molecule has 0 fully saturated rings. The first-order valence-corrected chi connectivity index (χ1v) is 23.6. The second-order valence-corrected chi connectivity index (χ2v) is 16.9. The number of ether oxygens (including phenoxy) is 7. The van der Waals surface area contributed by atoms with Crippen LogP contribution in [0.5, 0.6) is 63.2 Å². The number of carbonyl (C=O) groups is 4. The van der Waals surface area contributed by atoms with Gasteiger partial charge in [-0.15, -0.1) is 0 Å². The van der Waals surface area contributed by atoms with Crippen molar-refractivity contribution in [1.82, 2.24) is 15.1 Å². The molecule has 10 rings (SSSR count). The summed E-state index contributed by atoms with van der Waals surface area (Å²) in [5.41, 5.74) is 5.70. The molecular formula is C53H46N8O25. The molecular weight excluding hydrogens is 1150 g/mol. The third-order valence-corrected chi connectivity index (χ3v) is 11.8. The lowest BCUT2D eigenvalue weighted by Crippen LogP contribution is -2.39. The molecule has 3 aromatic heterocycles. The van der Waals surface area contributed by atoms with Gasteiger partial charge >= 0.3 is 29.4 Å². The lowest BCUT2D eigenvalue weighted by molar-refractivity contribution is -0.782. The summed E-state index contributed by atoms with van der Waals surface area (Å²) in [6, 6.07) is 18.9. The van der Waals surface area contributed by atoms with E-state index in [0.29, 0.717) is 37.3 Å². The molecule has 3 heterocycles. The summed E-state index contributed by atoms with van der Waals surface area (Å²) in [7, 11) is 9.47. The summed E-state index contributed by atoms with van der Waals surface area (Å²) in [5.74, 6) is -4.08. The van der Waals surface area contributed by atoms with Crippen LogP contribution in [0, 0.1) is 25.7 Å². The Bertz CT molecular complexity index is 4310. The van der Waals surface area contributed by atoms with Crippen LogP contribution in [0.25, 0.3) is 55.2 Å². The number of aromatic carboxylic acids is 4. The van der Waals surface area contributed by atoms with E-state index in [1.807, 2.05) is 0 Å². The molecule has 7 aromatic carbocycles. The number of hydrogen-bond donors (Lipinski definition) is 9. The third kappa shape index (κ3) is 13.3. The van der Waals surface area contributed by atoms with Crippen molar-refractivity contribution in [3.05, 3.63) is 139 Å². The van der Waals surface area contributed by atoms with Crippen molar-refractivity contribution < 1.29 is 117 Å². The van der Waals surface area contributed by atoms with Gasteiger partial charge in [0, 0.05) is 42.5 Å². The van der Waals surface area contributed by atoms with E-state index in [1.54, 1.807) is 6.07 Å². The number of hydrogen-bond acceptors (Lipinski definition) is 25. The minimum Gasteiger partial charge on any atom is -0.617 e. The highest BCUT2D eigenvalue weighted by molar-refractivity contribution is 5.98. The molecule has 0 spiro atoms. The monoisotopic (exact) mass is 1190 g/mol. The van der Waals surface area contributed by atoms with Gasteiger partial charge in [0.05, 0.1) is 111 Å². The predicted molar refractivity (Wildman–Crippen MR) is 294 cm³/mol. The van der Waals surface area contributed by atoms with Crippen LogP contribution in [0.1, 0.15) is 41.4 Å². The second kappa shape index (κ2) is 26.3. The Balaban J connectivity index is 0.000000177. The maximum atomic E-state index is 12.7. The zero-order chi connectivity index (χ0) is 63.6. The molecule has 0 saturated carbocycles. The number of fused-ring (bicyclic) bond motifs is 5. The van der Waals surface area contributed by atoms with Gasteiger partial charge in [-0.3, -0.25) is 14.7 Å². The maximum absolute atomic E-state index is 12.7. The molecule has 0 aliphatic heterocycles. The summed E-state index contributed by atoms with van der Waals surface area (Å²) in [5, 5.41) is 124. The van der Waals surface area contributed by atoms with Gasteiger partial charge in [-0.1, -0.05) is 0 Å². The van der Waals surface area contributed by atoms with E-state index in [0.717, 1.165) is 30.3 Å². The average molecular weight is 1190 g/mol. The Hall–Kier alpha value is -12.6. The highest BCUT2D eigenvalue weighted by atomic mass is 16.8. The van der Waals surface area contributed by atoms with Crippen molar-refractivity contribution in [1.29, 1.82) is 0 Å². The highest BCUT2D eigenvalue weighted by Gasteiger charge is 2.29. The fourth-order valence-corrected chi connectivity index (χ4v) is 7.67. The third-order valence-electron chi connectivity index (χ3n) is 11.8. The van der Waals surface area contributed by atoms with Crippen LogP contribution < -0.4 is 53.3 Å². The second-order valence-electron chi connectivity index (χ2n) is 16.9. The van der Waals surface area contributed by atoms with Crippen LogP contribution in [0.4, 0.5) is 11.4 Å². The molecule has 0 aliphatic carbocycles. The number of carboxylic acids is 4. The lowest BCUT2D eigenvalue weighted by atomic mass is 10.1. The van der Waals surface area contributed by atoms with Gasteiger partial charge in [0.2, 0.25) is 5.52 Å². The van der Waals surface area contributed by atoms with Crippen molar-refractivity contribution in [2.24, 2.45) is 0 Å². The van der Waals surface area contributed by atoms with Crippen LogP contribution in [0.3, 0.4) is 0 Å². The number of rotatable bonds is 12. The molecule has 10 aromatic rings. The Labute approximate surface area is 479 Å². The van der Waals surface area contributed by atoms with Gasteiger partial charge < -0.3 is 95.4 Å². The number of nitro groups is 1. The molecule has 33 nitrogen and oxygen atoms in total. The van der Waals surface area contributed by atoms with E-state index in [1.165, 1.54) is 104 Å². The predicted octanol–water partition coefficient (Wildman–Crippen LogP) is 5.04. The van der Waals surface area contributed by atoms with E-state index in [-0.39, 0.29) is 123 Å². The molecule has 33 heteroatoms. The number of nitrogen functional groups attached to an aromatic ring is 1. The number of aromatic nitrogens is 6. The minimum absolute atomic E-state index is 0.0201. The van der Waals surface area contributed by atoms with Crippen LogP contribution >= 0.6 is 0 Å². The van der Waals surface area contributed by atoms with Crippen LogP contribution in [0.2, 0.25) is 0 Å². The largest absolute Gasteiger partial charge is 0.617 e. The number of phenolic OH excluding ortho intramolecular Hbond substituents is 4. The quantitative estimate of drug-likeness (QED) is 0.0147. The fourth-order valence-electron chi connectivity index (χ4n) is 7.67. The van der Waals surface area contributed by atoms with Crippen molar-refractivity contribution in [3.8, 4) is 63.2 Å². The minimum atomic E-state index is -1.28. The Morgan fingerprint density at radius 3 is 1.47 bits per heavy atom. The smallest absolute Gasteiger partial charge is 0.336 e. The summed E-state index contributed by atoms with van der Waals surface area (Å²) >= 11 is 0. The molecule has 0 aliphatic rings. The maximum Gasteiger partial charge on any atom is 0.336 e. The molecule has 0 atom stereocenters. The number of benzene rings is 7. The van der Waals surface area contributed by atoms with E-state index in [2.05, 4.69) is 19.8 Å². The Kier molecular flexibility index (Phi) is 19.2. The van der Waals surface area contributed by atoms with E-state index in [4.69, 9.17) is 69.5 Å². The van der Waals surface area contributed by atoms with Crippen molar-refractivity contribution in [2.45, 2.75) is 0 Å². The Morgan fingerprint density at radius 1 is 0.477 bits per heavy atom. The van der Waals surface area contributed by atoms with Gasteiger partial charge in [-0.2, -0.15) is 9.46 Å². The first kappa shape index (κ1) is 62.6. The summed E-state index contributed by atoms with van der Waals surface area (Å²) in [4.78, 5) is 62.4. The SMILES string of the molecule is COc1cc(C(=O)O)cc([N+](=O)[O-])c1N.COc1cc(C(=O)O)cc2c1no[n+]2[O-].COc1cc(O)ccc1O.COc1cc2c(cc1O)[n+]([O-])c1cc(C(=O)O)cc(OC)c1[n+]2[O-].COc1cc2nc3c(OC)cc(C(=O)O)cc3nc2cc1O. The topological polar surface area (TPSA) is 497 Å². The van der Waals surface area contributed by atoms with Crippen molar-refractivity contribution in [3.63, 3.8) is 0 Å². The summed E-state index contributed by atoms with van der Waals surface area (Å²) < 4.78 is 39.7. The first-order chi connectivity index (χ1) is 40.7. The fraction of sp³-hybridized carbons (Fsp3) is 0.132. The summed E-state index contributed by atoms with van der Waals surface area (Å²) in [6.07, 6.45) is 0. The van der Waals surface area contributed by atoms with Crippen molar-refractivity contribution in [2.75, 3.05) is 55.5 Å². The number of nitro benzene ring substituents is 1. The number of methoxy groups -OCH3 is 7. The number of carboxylic acid groups (broad SMARTS) is 4. The van der Waals surface area contributed by atoms with Crippen LogP contribution in [-0.2, 0) is 0 Å². The van der Waals surface area contributed by atoms with Gasteiger partial charge in [0.1, 0.15) is 22.8 Å². The molecule has 0 radical (unpaired) electrons. The van der Waals surface area contributed by atoms with Crippen LogP contribution in [-0.4, -0.2) is 135 Å². The zero-order valence-corrected chi connectivity index (χ0v) is 45.4. The van der Waals surface area contributed by atoms with E-state index >= 15 is 0 Å². The lowest BCUT2D eigenvalue weighted by Gasteiger charge is -2.11. The van der Waals surface area contributed by atoms with Gasteiger partial charge in [-0.05, 0) is 41.3 Å². The number of anilines is 1. The van der Waals surface area contributed by atoms with Gasteiger partial charge in [0.15, 0.2) is 51.7 Å². The van der Waals surface area contributed by atoms with Crippen molar-refractivity contribution >= 4 is 90.4 Å². The average Bonchev–Trinajstić information content (AvgIpc) is 1.09. The summed E-state index contributed by atoms with van der Waals surface area (Å²) in [6.45, 7) is 0. The van der Waals surface area contributed by atoms with Crippen LogP contribution in [0.15, 0.2) is 95.6 Å². The zero-order valence-electron chi connectivity index (χ0n) is 45.4. The standard InChI is InChI=1S/C15H12N2O7.C15H12N2O5.C8H6N2O5.C8H8N2O5.C7H8O3/c1-23-12-6-9-8(5-11(12)18)16(21)10-3-7(15(19)20)4-13(24-2)14(10)17(9)22;1-21-12-6-9-8(5-11(12)18)16-10-3-7(15(19)20)4-13(22-2)14(10)17-9;1-14-6-3-4(8(11)12)2-5-7(6)9-15-10(5)13;1-15-6-3-4(8(11)12)2-5(7(6)9)10(13)14;1-10-7-4-5(8)2-3-6(7)9/h3-6,18H,1-2H3,(H,19,20);3-6,18H,1-2H3,(H,19,20);2-3H,1H3,(H,11,12);2-3H,9H2,1H3,(H,11,12);2-4,8-9H,1H3. The Morgan fingerprint density at radius 2 is 0.930 bits per heavy atom. The number of phenols is 4. The molecule has 0 unspecified atom stereocenters. The number of nitrogens with two attached hydrogens (primary N) is 1. The molecule has 448 valence electrons. The molecule has 0 amide bonds. The van der Waals surface area contributed by atoms with E-state index < -0.39 is 34.5 Å². The molecule has 86 heavy (non-hydrogen) atoms. The van der Waals surface area contributed by atoms with Gasteiger partial charge in [0.25, 0.3) is 27.8 Å². The number of nitrogens with zero attached hydrogens (tertiary/aromatic N) is 7.